The summed E-state index contributed by atoms with van der Waals surface area (Å²) in [4.78, 5) is 30.0. The van der Waals surface area contributed by atoms with Crippen LogP contribution in [0.15, 0.2) is 59.0 Å². The van der Waals surface area contributed by atoms with E-state index in [0.717, 1.165) is 33.1 Å². The number of thioether (sulfide) groups is 2. The summed E-state index contributed by atoms with van der Waals surface area (Å²) >= 11 is 9.52. The average Bonchev–Trinajstić information content (AvgIpc) is 3.30. The predicted octanol–water partition coefficient (Wildman–Crippen LogP) is 6.81. The summed E-state index contributed by atoms with van der Waals surface area (Å²) in [5, 5.41) is 2.62. The summed E-state index contributed by atoms with van der Waals surface area (Å²) in [6.45, 7) is 0. The second kappa shape index (κ2) is 12.0. The minimum absolute atomic E-state index is 0.0632. The number of nitrogens with zero attached hydrogens (tertiary/aromatic N) is 2. The quantitative estimate of drug-likeness (QED) is 0.161. The van der Waals surface area contributed by atoms with Crippen molar-refractivity contribution in [2.75, 3.05) is 32.7 Å². The summed E-state index contributed by atoms with van der Waals surface area (Å²) in [6.07, 6.45) is 0.798. The number of carbonyl (C=O) groups is 2. The summed E-state index contributed by atoms with van der Waals surface area (Å²) in [7, 11) is 4.92. The highest BCUT2D eigenvalue weighted by molar-refractivity contribution is 8.16. The van der Waals surface area contributed by atoms with Crippen molar-refractivity contribution in [1.82, 2.24) is 9.88 Å². The Bertz CT molecular complexity index is 1390. The van der Waals surface area contributed by atoms with Gasteiger partial charge in [0, 0.05) is 47.8 Å². The van der Waals surface area contributed by atoms with Gasteiger partial charge in [-0.1, -0.05) is 29.8 Å². The summed E-state index contributed by atoms with van der Waals surface area (Å²) in [6, 6.07) is 17.7. The number of carbonyl (C=O) groups excluding carboxylic acids is 2. The number of esters is 1. The van der Waals surface area contributed by atoms with Crippen LogP contribution in [0.4, 0.5) is 0 Å². The Balaban J connectivity index is 1.56. The molecular weight excluding hydrogens is 516 g/mol. The summed E-state index contributed by atoms with van der Waals surface area (Å²) < 4.78 is 11.0. The number of pyridine rings is 1. The first-order valence-electron chi connectivity index (χ1n) is 11.4. The highest BCUT2D eigenvalue weighted by Gasteiger charge is 2.17. The first kappa shape index (κ1) is 26.4. The van der Waals surface area contributed by atoms with Gasteiger partial charge in [-0.25, -0.2) is 4.98 Å². The van der Waals surface area contributed by atoms with Crippen molar-refractivity contribution in [2.45, 2.75) is 17.4 Å². The fraction of sp³-hybridized carbons (Fsp3) is 0.296. The van der Waals surface area contributed by atoms with E-state index in [2.05, 4.69) is 6.07 Å². The average molecular weight is 543 g/mol. The third-order valence-electron chi connectivity index (χ3n) is 5.61. The number of amides is 1. The number of fused-ring (bicyclic) bond motifs is 2. The Labute approximate surface area is 223 Å². The highest BCUT2D eigenvalue weighted by Crippen LogP contribution is 2.42. The molecule has 2 heterocycles. The Hall–Kier alpha value is -2.68. The van der Waals surface area contributed by atoms with Gasteiger partial charge in [0.1, 0.15) is 11.3 Å². The van der Waals surface area contributed by atoms with Crippen LogP contribution in [0, 0.1) is 0 Å². The van der Waals surface area contributed by atoms with Gasteiger partial charge in [-0.15, -0.1) is 23.5 Å². The van der Waals surface area contributed by atoms with E-state index in [1.54, 1.807) is 42.5 Å². The van der Waals surface area contributed by atoms with Crippen LogP contribution in [0.2, 0.25) is 5.02 Å². The lowest BCUT2D eigenvalue weighted by Gasteiger charge is -2.17. The zero-order chi connectivity index (χ0) is 25.7. The number of halogens is 1. The molecular formula is C27H27ClN2O4S2. The molecule has 1 atom stereocenters. The van der Waals surface area contributed by atoms with Gasteiger partial charge in [-0.05, 0) is 42.0 Å². The van der Waals surface area contributed by atoms with Crippen LogP contribution in [0.25, 0.3) is 33.3 Å². The second-order valence-electron chi connectivity index (χ2n) is 8.38. The van der Waals surface area contributed by atoms with Crippen LogP contribution in [0.3, 0.4) is 0 Å². The smallest absolute Gasteiger partial charge is 0.306 e. The number of methoxy groups -OCH3 is 1. The van der Waals surface area contributed by atoms with Crippen LogP contribution in [0.5, 0.6) is 0 Å². The lowest BCUT2D eigenvalue weighted by molar-refractivity contribution is -0.140. The molecule has 0 bridgehead atoms. The SMILES string of the molecule is COC(=O)CCSC(SCCC(=O)N(C)C)c1ccc2oc(-c3ccc4ccc(Cl)cc4n3)cc2c1. The first-order chi connectivity index (χ1) is 17.3. The third-order valence-corrected chi connectivity index (χ3v) is 8.69. The molecule has 4 aromatic rings. The number of benzene rings is 2. The minimum Gasteiger partial charge on any atom is -0.469 e. The maximum Gasteiger partial charge on any atom is 0.306 e. The predicted molar refractivity (Wildman–Crippen MR) is 150 cm³/mol. The molecule has 0 radical (unpaired) electrons. The van der Waals surface area contributed by atoms with E-state index >= 15 is 0 Å². The standard InChI is InChI=1S/C27H27ClN2O4S2/c1-30(2)25(31)10-12-35-27(36-13-11-26(32)33-3)18-6-9-23-19(14-18)15-24(34-23)21-8-5-17-4-7-20(28)16-22(17)29-21/h4-9,14-16,27H,10-13H2,1-3H3. The number of hydrogen-bond acceptors (Lipinski definition) is 7. The van der Waals surface area contributed by atoms with Crippen LogP contribution >= 0.6 is 35.1 Å². The molecule has 1 amide bonds. The van der Waals surface area contributed by atoms with Gasteiger partial charge in [-0.3, -0.25) is 9.59 Å². The molecule has 188 valence electrons. The molecule has 0 N–H and O–H groups in total. The number of rotatable bonds is 10. The number of aromatic nitrogens is 1. The van der Waals surface area contributed by atoms with Gasteiger partial charge in [0.25, 0.3) is 0 Å². The van der Waals surface area contributed by atoms with Crippen molar-refractivity contribution in [1.29, 1.82) is 0 Å². The monoisotopic (exact) mass is 542 g/mol. The molecule has 4 rings (SSSR count). The van der Waals surface area contributed by atoms with Crippen molar-refractivity contribution < 1.29 is 18.7 Å². The lowest BCUT2D eigenvalue weighted by Crippen LogP contribution is -2.21. The Morgan fingerprint density at radius 1 is 1.00 bits per heavy atom. The summed E-state index contributed by atoms with van der Waals surface area (Å²) in [5.74, 6) is 1.87. The molecule has 0 spiro atoms. The molecule has 0 aliphatic heterocycles. The fourth-order valence-corrected chi connectivity index (χ4v) is 6.44. The van der Waals surface area contributed by atoms with Crippen molar-refractivity contribution in [3.63, 3.8) is 0 Å². The van der Waals surface area contributed by atoms with E-state index < -0.39 is 0 Å². The maximum atomic E-state index is 12.0. The number of furan rings is 1. The highest BCUT2D eigenvalue weighted by atomic mass is 35.5. The molecule has 0 aliphatic rings. The molecule has 1 unspecified atom stereocenters. The fourth-order valence-electron chi connectivity index (χ4n) is 3.63. The Morgan fingerprint density at radius 2 is 1.75 bits per heavy atom. The van der Waals surface area contributed by atoms with Crippen molar-refractivity contribution in [3.8, 4) is 11.5 Å². The Morgan fingerprint density at radius 3 is 2.50 bits per heavy atom. The van der Waals surface area contributed by atoms with Gasteiger partial charge in [0.2, 0.25) is 5.91 Å². The third kappa shape index (κ3) is 6.55. The normalized spacial score (nSPS) is 12.1. The molecule has 9 heteroatoms. The first-order valence-corrected chi connectivity index (χ1v) is 13.9. The van der Waals surface area contributed by atoms with E-state index in [1.807, 2.05) is 48.5 Å². The number of hydrogen-bond donors (Lipinski definition) is 0. The van der Waals surface area contributed by atoms with Crippen molar-refractivity contribution in [3.05, 3.63) is 65.2 Å². The van der Waals surface area contributed by atoms with E-state index in [4.69, 9.17) is 25.7 Å². The molecule has 36 heavy (non-hydrogen) atoms. The zero-order valence-corrected chi connectivity index (χ0v) is 22.7. The van der Waals surface area contributed by atoms with Gasteiger partial charge < -0.3 is 14.1 Å². The van der Waals surface area contributed by atoms with E-state index in [9.17, 15) is 9.59 Å². The van der Waals surface area contributed by atoms with E-state index in [-0.39, 0.29) is 16.5 Å². The summed E-state index contributed by atoms with van der Waals surface area (Å²) in [5.41, 5.74) is 3.42. The zero-order valence-electron chi connectivity index (χ0n) is 20.3. The second-order valence-corrected chi connectivity index (χ2v) is 11.5. The molecule has 2 aromatic carbocycles. The van der Waals surface area contributed by atoms with Crippen LogP contribution in [0.1, 0.15) is 23.0 Å². The molecule has 2 aromatic heterocycles. The van der Waals surface area contributed by atoms with Crippen LogP contribution in [-0.2, 0) is 14.3 Å². The van der Waals surface area contributed by atoms with E-state index in [0.29, 0.717) is 35.1 Å². The lowest BCUT2D eigenvalue weighted by atomic mass is 10.1. The number of ether oxygens (including phenoxy) is 1. The van der Waals surface area contributed by atoms with Gasteiger partial charge in [0.05, 0.1) is 23.6 Å². The largest absolute Gasteiger partial charge is 0.469 e. The van der Waals surface area contributed by atoms with E-state index in [1.165, 1.54) is 7.11 Å². The van der Waals surface area contributed by atoms with Gasteiger partial charge >= 0.3 is 5.97 Å². The van der Waals surface area contributed by atoms with Crippen LogP contribution in [-0.4, -0.2) is 54.5 Å². The van der Waals surface area contributed by atoms with Crippen molar-refractivity contribution >= 4 is 68.9 Å². The molecule has 0 saturated carbocycles. The molecule has 0 saturated heterocycles. The Kier molecular flexibility index (Phi) is 8.82. The van der Waals surface area contributed by atoms with Crippen molar-refractivity contribution in [2.24, 2.45) is 0 Å². The minimum atomic E-state index is -0.229. The van der Waals surface area contributed by atoms with Gasteiger partial charge in [0.15, 0.2) is 5.76 Å². The molecule has 0 aliphatic carbocycles. The maximum absolute atomic E-state index is 12.0. The molecule has 6 nitrogen and oxygen atoms in total. The van der Waals surface area contributed by atoms with Gasteiger partial charge in [-0.2, -0.15) is 0 Å². The van der Waals surface area contributed by atoms with Crippen LogP contribution < -0.4 is 0 Å². The topological polar surface area (TPSA) is 72.6 Å². The molecule has 0 fully saturated rings.